The molecule has 1 aromatic carbocycles. The third-order valence-corrected chi connectivity index (χ3v) is 3.07. The maximum atomic E-state index is 11.1. The number of halogens is 1. The first-order chi connectivity index (χ1) is 9.00. The zero-order valence-corrected chi connectivity index (χ0v) is 11.3. The first-order valence-electron chi connectivity index (χ1n) is 5.66. The van der Waals surface area contributed by atoms with Gasteiger partial charge >= 0.3 is 5.97 Å². The molecule has 0 aliphatic carbocycles. The van der Waals surface area contributed by atoms with Crippen molar-refractivity contribution in [2.24, 2.45) is 0 Å². The lowest BCUT2D eigenvalue weighted by molar-refractivity contribution is 0.0696. The summed E-state index contributed by atoms with van der Waals surface area (Å²) in [5.41, 5.74) is 2.64. The van der Waals surface area contributed by atoms with Gasteiger partial charge in [0.05, 0.1) is 5.56 Å². The molecule has 0 spiro atoms. The second-order valence-corrected chi connectivity index (χ2v) is 4.64. The molecule has 0 amide bonds. The molecule has 0 fully saturated rings. The van der Waals surface area contributed by atoms with Crippen LogP contribution in [-0.4, -0.2) is 30.2 Å². The molecule has 1 heterocycles. The first-order valence-corrected chi connectivity index (χ1v) is 6.04. The molecule has 1 N–H and O–H groups in total. The van der Waals surface area contributed by atoms with Crippen LogP contribution in [0.2, 0.25) is 5.15 Å². The molecule has 1 aromatic heterocycles. The maximum absolute atomic E-state index is 11.1. The highest BCUT2D eigenvalue weighted by Crippen LogP contribution is 2.30. The third kappa shape index (κ3) is 2.69. The van der Waals surface area contributed by atoms with Crippen molar-refractivity contribution in [2.45, 2.75) is 0 Å². The van der Waals surface area contributed by atoms with Gasteiger partial charge in [0.25, 0.3) is 0 Å². The topological polar surface area (TPSA) is 53.4 Å². The van der Waals surface area contributed by atoms with Crippen molar-refractivity contribution in [3.8, 4) is 11.1 Å². The summed E-state index contributed by atoms with van der Waals surface area (Å²) in [4.78, 5) is 17.0. The van der Waals surface area contributed by atoms with E-state index < -0.39 is 5.97 Å². The fourth-order valence-corrected chi connectivity index (χ4v) is 2.04. The Morgan fingerprint density at radius 3 is 2.63 bits per heavy atom. The summed E-state index contributed by atoms with van der Waals surface area (Å²) >= 11 is 5.78. The first kappa shape index (κ1) is 13.4. The summed E-state index contributed by atoms with van der Waals surface area (Å²) in [6, 6.07) is 9.26. The van der Waals surface area contributed by atoms with Gasteiger partial charge in [-0.3, -0.25) is 0 Å². The van der Waals surface area contributed by atoms with E-state index in [-0.39, 0.29) is 10.7 Å². The number of aromatic carboxylic acids is 1. The van der Waals surface area contributed by atoms with Crippen molar-refractivity contribution in [3.63, 3.8) is 0 Å². The molecule has 0 saturated heterocycles. The predicted molar refractivity (Wildman–Crippen MR) is 76.0 cm³/mol. The number of hydrogen-bond donors (Lipinski definition) is 1. The van der Waals surface area contributed by atoms with Gasteiger partial charge in [-0.1, -0.05) is 29.8 Å². The van der Waals surface area contributed by atoms with E-state index >= 15 is 0 Å². The maximum Gasteiger partial charge on any atom is 0.338 e. The third-order valence-electron chi connectivity index (χ3n) is 2.77. The predicted octanol–water partition coefficient (Wildman–Crippen LogP) is 3.17. The van der Waals surface area contributed by atoms with Crippen LogP contribution in [-0.2, 0) is 0 Å². The molecular formula is C14H13ClN2O2. The summed E-state index contributed by atoms with van der Waals surface area (Å²) in [5.74, 6) is -1.08. The molecule has 0 bridgehead atoms. The molecule has 98 valence electrons. The zero-order chi connectivity index (χ0) is 14.0. The normalized spacial score (nSPS) is 10.3. The SMILES string of the molecule is CN(C)c1ccccc1-c1cnc(Cl)c(C(=O)O)c1. The van der Waals surface area contributed by atoms with E-state index in [1.165, 1.54) is 0 Å². The van der Waals surface area contributed by atoms with Crippen LogP contribution in [0.4, 0.5) is 5.69 Å². The molecule has 0 saturated carbocycles. The summed E-state index contributed by atoms with van der Waals surface area (Å²) < 4.78 is 0. The van der Waals surface area contributed by atoms with Gasteiger partial charge in [0.2, 0.25) is 0 Å². The number of carbonyl (C=O) groups is 1. The van der Waals surface area contributed by atoms with Crippen molar-refractivity contribution >= 4 is 23.3 Å². The van der Waals surface area contributed by atoms with E-state index in [4.69, 9.17) is 16.7 Å². The van der Waals surface area contributed by atoms with Gasteiger partial charge in [-0.15, -0.1) is 0 Å². The monoisotopic (exact) mass is 276 g/mol. The number of aromatic nitrogens is 1. The Labute approximate surface area is 116 Å². The number of hydrogen-bond acceptors (Lipinski definition) is 3. The standard InChI is InChI=1S/C14H13ClN2O2/c1-17(2)12-6-4-3-5-10(12)9-7-11(14(18)19)13(15)16-8-9/h3-8H,1-2H3,(H,18,19). The lowest BCUT2D eigenvalue weighted by Crippen LogP contribution is -2.10. The van der Waals surface area contributed by atoms with E-state index in [2.05, 4.69) is 4.98 Å². The Morgan fingerprint density at radius 2 is 2.00 bits per heavy atom. The van der Waals surface area contributed by atoms with Crippen molar-refractivity contribution < 1.29 is 9.90 Å². The zero-order valence-electron chi connectivity index (χ0n) is 10.6. The number of para-hydroxylation sites is 1. The highest BCUT2D eigenvalue weighted by Gasteiger charge is 2.13. The number of rotatable bonds is 3. The van der Waals surface area contributed by atoms with Gasteiger partial charge < -0.3 is 10.0 Å². The van der Waals surface area contributed by atoms with Gasteiger partial charge in [0.15, 0.2) is 0 Å². The number of carboxylic acid groups (broad SMARTS) is 1. The van der Waals surface area contributed by atoms with Crippen LogP contribution in [0.3, 0.4) is 0 Å². The number of nitrogens with zero attached hydrogens (tertiary/aromatic N) is 2. The smallest absolute Gasteiger partial charge is 0.338 e. The molecule has 2 aromatic rings. The molecule has 0 atom stereocenters. The Hall–Kier alpha value is -2.07. The van der Waals surface area contributed by atoms with Gasteiger partial charge in [-0.2, -0.15) is 0 Å². The van der Waals surface area contributed by atoms with Crippen LogP contribution >= 0.6 is 11.6 Å². The summed E-state index contributed by atoms with van der Waals surface area (Å²) in [6.45, 7) is 0. The number of anilines is 1. The Balaban J connectivity index is 2.60. The highest BCUT2D eigenvalue weighted by molar-refractivity contribution is 6.32. The molecule has 0 radical (unpaired) electrons. The van der Waals surface area contributed by atoms with E-state index in [9.17, 15) is 4.79 Å². The second kappa shape index (κ2) is 5.28. The van der Waals surface area contributed by atoms with Crippen LogP contribution < -0.4 is 4.90 Å². The highest BCUT2D eigenvalue weighted by atomic mass is 35.5. The van der Waals surface area contributed by atoms with E-state index in [0.29, 0.717) is 0 Å². The molecule has 5 heteroatoms. The van der Waals surface area contributed by atoms with Crippen molar-refractivity contribution in [1.29, 1.82) is 0 Å². The quantitative estimate of drug-likeness (QED) is 0.875. The lowest BCUT2D eigenvalue weighted by Gasteiger charge is -2.17. The van der Waals surface area contributed by atoms with Crippen LogP contribution in [0, 0.1) is 0 Å². The Kier molecular flexibility index (Phi) is 3.71. The van der Waals surface area contributed by atoms with Crippen LogP contribution in [0.1, 0.15) is 10.4 Å². The minimum atomic E-state index is -1.08. The van der Waals surface area contributed by atoms with Crippen LogP contribution in [0.5, 0.6) is 0 Å². The van der Waals surface area contributed by atoms with Gasteiger partial charge in [-0.25, -0.2) is 9.78 Å². The number of carboxylic acids is 1. The molecule has 0 aliphatic heterocycles. The van der Waals surface area contributed by atoms with Crippen molar-refractivity contribution in [2.75, 3.05) is 19.0 Å². The number of benzene rings is 1. The summed E-state index contributed by atoms with van der Waals surface area (Å²) in [5, 5.41) is 9.08. The van der Waals surface area contributed by atoms with Crippen LogP contribution in [0.25, 0.3) is 11.1 Å². The van der Waals surface area contributed by atoms with Gasteiger partial charge in [0.1, 0.15) is 5.15 Å². The summed E-state index contributed by atoms with van der Waals surface area (Å²) in [6.07, 6.45) is 1.58. The average molecular weight is 277 g/mol. The van der Waals surface area contributed by atoms with Crippen molar-refractivity contribution in [3.05, 3.63) is 47.2 Å². The molecular weight excluding hydrogens is 264 g/mol. The van der Waals surface area contributed by atoms with Gasteiger partial charge in [-0.05, 0) is 12.1 Å². The molecule has 4 nitrogen and oxygen atoms in total. The van der Waals surface area contributed by atoms with E-state index in [0.717, 1.165) is 16.8 Å². The molecule has 2 rings (SSSR count). The minimum absolute atomic E-state index is 0.00131. The van der Waals surface area contributed by atoms with E-state index in [1.807, 2.05) is 43.3 Å². The average Bonchev–Trinajstić information content (AvgIpc) is 2.39. The second-order valence-electron chi connectivity index (χ2n) is 4.28. The van der Waals surface area contributed by atoms with Crippen LogP contribution in [0.15, 0.2) is 36.5 Å². The number of pyridine rings is 1. The molecule has 0 aliphatic rings. The minimum Gasteiger partial charge on any atom is -0.478 e. The van der Waals surface area contributed by atoms with Gasteiger partial charge in [0, 0.05) is 37.1 Å². The van der Waals surface area contributed by atoms with Crippen molar-refractivity contribution in [1.82, 2.24) is 4.98 Å². The fourth-order valence-electron chi connectivity index (χ4n) is 1.85. The Morgan fingerprint density at radius 1 is 1.32 bits per heavy atom. The molecule has 0 unspecified atom stereocenters. The largest absolute Gasteiger partial charge is 0.478 e. The van der Waals surface area contributed by atoms with E-state index in [1.54, 1.807) is 12.3 Å². The summed E-state index contributed by atoms with van der Waals surface area (Å²) in [7, 11) is 3.86. The lowest BCUT2D eigenvalue weighted by atomic mass is 10.0. The fraction of sp³-hybridized carbons (Fsp3) is 0.143. The Bertz CT molecular complexity index is 627. The molecule has 19 heavy (non-hydrogen) atoms.